The minimum absolute atomic E-state index is 0.203. The maximum atomic E-state index is 11.4. The van der Waals surface area contributed by atoms with Crippen LogP contribution in [0.15, 0.2) is 33.8 Å². The number of halogens is 1. The van der Waals surface area contributed by atoms with E-state index in [9.17, 15) is 9.90 Å². The third-order valence-electron chi connectivity index (χ3n) is 2.82. The maximum absolute atomic E-state index is 11.4. The van der Waals surface area contributed by atoms with Crippen molar-refractivity contribution in [3.63, 3.8) is 0 Å². The van der Waals surface area contributed by atoms with Gasteiger partial charge in [-0.25, -0.2) is 14.8 Å². The fourth-order valence-corrected chi connectivity index (χ4v) is 3.02. The molecule has 0 atom stereocenters. The number of hydrogen-bond donors (Lipinski definition) is 1. The third kappa shape index (κ3) is 3.83. The molecular formula is C15H15BrN2O2S. The molecule has 0 radical (unpaired) electrons. The van der Waals surface area contributed by atoms with Crippen molar-refractivity contribution in [2.75, 3.05) is 5.75 Å². The van der Waals surface area contributed by atoms with E-state index in [0.29, 0.717) is 16.5 Å². The highest BCUT2D eigenvalue weighted by atomic mass is 79.9. The van der Waals surface area contributed by atoms with E-state index in [1.165, 1.54) is 11.8 Å². The number of aromatic nitrogens is 2. The fraction of sp³-hybridized carbons (Fsp3) is 0.267. The fourth-order valence-electron chi connectivity index (χ4n) is 1.82. The Morgan fingerprint density at radius 2 is 1.95 bits per heavy atom. The number of aryl methyl sites for hydroxylation is 1. The molecular weight excluding hydrogens is 352 g/mol. The molecule has 0 aliphatic carbocycles. The van der Waals surface area contributed by atoms with Gasteiger partial charge in [-0.1, -0.05) is 35.0 Å². The Morgan fingerprint density at radius 3 is 2.52 bits per heavy atom. The molecule has 1 aromatic heterocycles. The van der Waals surface area contributed by atoms with Gasteiger partial charge in [0.15, 0.2) is 5.82 Å². The van der Waals surface area contributed by atoms with Crippen molar-refractivity contribution in [3.8, 4) is 11.4 Å². The van der Waals surface area contributed by atoms with E-state index in [1.54, 1.807) is 6.92 Å². The monoisotopic (exact) mass is 366 g/mol. The van der Waals surface area contributed by atoms with Gasteiger partial charge in [-0.05, 0) is 31.2 Å². The minimum atomic E-state index is -0.978. The van der Waals surface area contributed by atoms with Crippen LogP contribution in [0.3, 0.4) is 0 Å². The van der Waals surface area contributed by atoms with E-state index in [4.69, 9.17) is 0 Å². The van der Waals surface area contributed by atoms with Gasteiger partial charge in [0, 0.05) is 10.0 Å². The highest BCUT2D eigenvalue weighted by Crippen LogP contribution is 2.27. The van der Waals surface area contributed by atoms with Gasteiger partial charge in [-0.15, -0.1) is 11.8 Å². The lowest BCUT2D eigenvalue weighted by molar-refractivity contribution is 0.0691. The van der Waals surface area contributed by atoms with Crippen molar-refractivity contribution in [2.24, 2.45) is 0 Å². The number of benzene rings is 1. The third-order valence-corrected chi connectivity index (χ3v) is 4.53. The number of rotatable bonds is 5. The Balaban J connectivity index is 2.51. The normalized spacial score (nSPS) is 10.6. The molecule has 0 aliphatic rings. The first-order valence-corrected chi connectivity index (χ1v) is 8.31. The van der Waals surface area contributed by atoms with Crippen LogP contribution in [0.1, 0.15) is 29.4 Å². The summed E-state index contributed by atoms with van der Waals surface area (Å²) in [5.74, 6) is 0.410. The lowest BCUT2D eigenvalue weighted by Gasteiger charge is -2.10. The Hall–Kier alpha value is -1.40. The van der Waals surface area contributed by atoms with Gasteiger partial charge in [-0.2, -0.15) is 0 Å². The molecule has 0 bridgehead atoms. The average molecular weight is 367 g/mol. The predicted molar refractivity (Wildman–Crippen MR) is 87.9 cm³/mol. The molecule has 0 aliphatic heterocycles. The summed E-state index contributed by atoms with van der Waals surface area (Å²) in [7, 11) is 0. The number of carboxylic acid groups (broad SMARTS) is 1. The molecule has 110 valence electrons. The summed E-state index contributed by atoms with van der Waals surface area (Å²) in [5, 5.41) is 9.88. The van der Waals surface area contributed by atoms with Crippen molar-refractivity contribution in [2.45, 2.75) is 25.3 Å². The van der Waals surface area contributed by atoms with Gasteiger partial charge in [-0.3, -0.25) is 0 Å². The second-order valence-corrected chi connectivity index (χ2v) is 6.47. The zero-order valence-electron chi connectivity index (χ0n) is 11.8. The Kier molecular flexibility index (Phi) is 5.36. The lowest BCUT2D eigenvalue weighted by Crippen LogP contribution is -2.08. The summed E-state index contributed by atoms with van der Waals surface area (Å²) in [6.07, 6.45) is 0.959. The van der Waals surface area contributed by atoms with E-state index >= 15 is 0 Å². The summed E-state index contributed by atoms with van der Waals surface area (Å²) in [6, 6.07) is 7.65. The molecule has 21 heavy (non-hydrogen) atoms. The van der Waals surface area contributed by atoms with E-state index in [1.807, 2.05) is 24.3 Å². The van der Waals surface area contributed by atoms with E-state index in [0.717, 1.165) is 22.2 Å². The summed E-state index contributed by atoms with van der Waals surface area (Å²) in [4.78, 5) is 20.2. The van der Waals surface area contributed by atoms with E-state index < -0.39 is 5.97 Å². The van der Waals surface area contributed by atoms with Gasteiger partial charge < -0.3 is 5.11 Å². The Morgan fingerprint density at radius 1 is 1.29 bits per heavy atom. The smallest absolute Gasteiger partial charge is 0.340 e. The number of aromatic carboxylic acids is 1. The molecule has 1 heterocycles. The van der Waals surface area contributed by atoms with Gasteiger partial charge in [0.25, 0.3) is 0 Å². The SMILES string of the molecule is CCCSc1nc(-c2ccc(Br)cc2)nc(C)c1C(=O)O. The first-order chi connectivity index (χ1) is 10.0. The predicted octanol–water partition coefficient (Wildman–Crippen LogP) is 4.41. The van der Waals surface area contributed by atoms with Crippen LogP contribution < -0.4 is 0 Å². The molecule has 0 spiro atoms. The van der Waals surface area contributed by atoms with Crippen molar-refractivity contribution in [3.05, 3.63) is 40.0 Å². The second-order valence-electron chi connectivity index (χ2n) is 4.47. The van der Waals surface area contributed by atoms with Crippen LogP contribution in [0.4, 0.5) is 0 Å². The average Bonchev–Trinajstić information content (AvgIpc) is 2.44. The molecule has 4 nitrogen and oxygen atoms in total. The lowest BCUT2D eigenvalue weighted by atomic mass is 10.2. The molecule has 0 saturated carbocycles. The number of hydrogen-bond acceptors (Lipinski definition) is 4. The van der Waals surface area contributed by atoms with Crippen LogP contribution in [0.2, 0.25) is 0 Å². The van der Waals surface area contributed by atoms with Gasteiger partial charge >= 0.3 is 5.97 Å². The standard InChI is InChI=1S/C15H15BrN2O2S/c1-3-8-21-14-12(15(19)20)9(2)17-13(18-14)10-4-6-11(16)7-5-10/h4-7H,3,8H2,1-2H3,(H,19,20). The number of carbonyl (C=O) groups is 1. The maximum Gasteiger partial charge on any atom is 0.340 e. The zero-order valence-corrected chi connectivity index (χ0v) is 14.2. The van der Waals surface area contributed by atoms with Crippen LogP contribution in [0, 0.1) is 6.92 Å². The number of carboxylic acids is 1. The van der Waals surface area contributed by atoms with E-state index in [2.05, 4.69) is 32.8 Å². The molecule has 0 fully saturated rings. The Bertz CT molecular complexity index is 659. The van der Waals surface area contributed by atoms with Crippen LogP contribution in [-0.2, 0) is 0 Å². The van der Waals surface area contributed by atoms with Crippen LogP contribution in [0.25, 0.3) is 11.4 Å². The molecule has 0 unspecified atom stereocenters. The second kappa shape index (κ2) is 7.04. The molecule has 2 aromatic rings. The molecule has 1 N–H and O–H groups in total. The van der Waals surface area contributed by atoms with Crippen molar-refractivity contribution < 1.29 is 9.90 Å². The zero-order chi connectivity index (χ0) is 15.4. The first-order valence-electron chi connectivity index (χ1n) is 6.53. The number of thioether (sulfide) groups is 1. The van der Waals surface area contributed by atoms with Crippen molar-refractivity contribution in [1.82, 2.24) is 9.97 Å². The summed E-state index contributed by atoms with van der Waals surface area (Å²) < 4.78 is 0.978. The van der Waals surface area contributed by atoms with Crippen molar-refractivity contribution in [1.29, 1.82) is 0 Å². The molecule has 2 rings (SSSR count). The Labute approximate surface area is 136 Å². The summed E-state index contributed by atoms with van der Waals surface area (Å²) >= 11 is 4.85. The first kappa shape index (κ1) is 16.0. The molecule has 1 aromatic carbocycles. The van der Waals surface area contributed by atoms with Crippen LogP contribution >= 0.6 is 27.7 Å². The molecule has 6 heteroatoms. The van der Waals surface area contributed by atoms with Gasteiger partial charge in [0.2, 0.25) is 0 Å². The minimum Gasteiger partial charge on any atom is -0.478 e. The largest absolute Gasteiger partial charge is 0.478 e. The molecule has 0 saturated heterocycles. The summed E-state index contributed by atoms with van der Waals surface area (Å²) in [6.45, 7) is 3.76. The van der Waals surface area contributed by atoms with Crippen molar-refractivity contribution >= 4 is 33.7 Å². The quantitative estimate of drug-likeness (QED) is 0.626. The highest BCUT2D eigenvalue weighted by molar-refractivity contribution is 9.10. The van der Waals surface area contributed by atoms with Crippen LogP contribution in [-0.4, -0.2) is 26.8 Å². The topological polar surface area (TPSA) is 63.1 Å². The van der Waals surface area contributed by atoms with E-state index in [-0.39, 0.29) is 5.56 Å². The van der Waals surface area contributed by atoms with Crippen LogP contribution in [0.5, 0.6) is 0 Å². The van der Waals surface area contributed by atoms with Gasteiger partial charge in [0.05, 0.1) is 5.69 Å². The van der Waals surface area contributed by atoms with Gasteiger partial charge in [0.1, 0.15) is 10.6 Å². The summed E-state index contributed by atoms with van der Waals surface area (Å²) in [5.41, 5.74) is 1.57. The number of nitrogens with zero attached hydrogens (tertiary/aromatic N) is 2. The highest BCUT2D eigenvalue weighted by Gasteiger charge is 2.18. The molecule has 0 amide bonds.